The highest BCUT2D eigenvalue weighted by Gasteiger charge is 2.30. The van der Waals surface area contributed by atoms with E-state index in [1.807, 2.05) is 6.92 Å². The van der Waals surface area contributed by atoms with Gasteiger partial charge in [-0.15, -0.1) is 11.3 Å². The number of aromatic nitrogens is 1. The molecule has 6 nitrogen and oxygen atoms in total. The highest BCUT2D eigenvalue weighted by atomic mass is 32.1. The number of carbonyl (C=O) groups excluding carboxylic acids is 3. The first-order chi connectivity index (χ1) is 11.0. The second-order valence-electron chi connectivity index (χ2n) is 5.44. The Balaban J connectivity index is 1.63. The average Bonchev–Trinajstić information content (AvgIpc) is 3.05. The van der Waals surface area contributed by atoms with Gasteiger partial charge in [0.25, 0.3) is 5.91 Å². The number of nitrogens with one attached hydrogen (secondary N) is 2. The van der Waals surface area contributed by atoms with E-state index in [4.69, 9.17) is 0 Å². The van der Waals surface area contributed by atoms with Crippen molar-refractivity contribution in [1.29, 1.82) is 0 Å². The molecule has 0 bridgehead atoms. The molecule has 2 aromatic rings. The topological polar surface area (TPSA) is 88.2 Å². The number of carbonyl (C=O) groups is 3. The van der Waals surface area contributed by atoms with Crippen LogP contribution in [0.4, 0.5) is 5.13 Å². The Labute approximate surface area is 136 Å². The molecule has 0 aliphatic carbocycles. The zero-order chi connectivity index (χ0) is 16.4. The number of thiazole rings is 1. The predicted octanol–water partition coefficient (Wildman–Crippen LogP) is 1.91. The first kappa shape index (κ1) is 15.4. The Morgan fingerprint density at radius 3 is 2.65 bits per heavy atom. The van der Waals surface area contributed by atoms with Crippen molar-refractivity contribution in [3.63, 3.8) is 0 Å². The Bertz CT molecular complexity index is 767. The predicted molar refractivity (Wildman–Crippen MR) is 86.2 cm³/mol. The summed E-state index contributed by atoms with van der Waals surface area (Å²) in [6.45, 7) is 1.92. The SMILES string of the molecule is Cc1cnc(NC(=O)c2ccc(CC3CC(=O)NC3=O)cc2)s1. The van der Waals surface area contributed by atoms with Crippen molar-refractivity contribution in [2.45, 2.75) is 19.8 Å². The minimum Gasteiger partial charge on any atom is -0.298 e. The molecule has 7 heteroatoms. The van der Waals surface area contributed by atoms with Crippen molar-refractivity contribution in [2.75, 3.05) is 5.32 Å². The van der Waals surface area contributed by atoms with Crippen LogP contribution in [0.2, 0.25) is 0 Å². The summed E-state index contributed by atoms with van der Waals surface area (Å²) in [4.78, 5) is 40.0. The second-order valence-corrected chi connectivity index (χ2v) is 6.68. The molecule has 0 spiro atoms. The van der Waals surface area contributed by atoms with Gasteiger partial charge in [0, 0.05) is 23.1 Å². The monoisotopic (exact) mass is 329 g/mol. The van der Waals surface area contributed by atoms with E-state index in [1.165, 1.54) is 11.3 Å². The van der Waals surface area contributed by atoms with Gasteiger partial charge in [-0.2, -0.15) is 0 Å². The maximum atomic E-state index is 12.1. The molecule has 118 valence electrons. The molecule has 1 aliphatic heterocycles. The fourth-order valence-electron chi connectivity index (χ4n) is 2.43. The van der Waals surface area contributed by atoms with Crippen molar-refractivity contribution >= 4 is 34.2 Å². The van der Waals surface area contributed by atoms with E-state index in [9.17, 15) is 14.4 Å². The summed E-state index contributed by atoms with van der Waals surface area (Å²) in [7, 11) is 0. The van der Waals surface area contributed by atoms with Crippen LogP contribution in [0.1, 0.15) is 27.2 Å². The van der Waals surface area contributed by atoms with Crippen LogP contribution in [0.15, 0.2) is 30.5 Å². The molecule has 1 aliphatic rings. The molecule has 1 aromatic heterocycles. The van der Waals surface area contributed by atoms with E-state index < -0.39 is 0 Å². The zero-order valence-electron chi connectivity index (χ0n) is 12.5. The summed E-state index contributed by atoms with van der Waals surface area (Å²) in [6, 6.07) is 7.02. The van der Waals surface area contributed by atoms with Gasteiger partial charge in [0.05, 0.1) is 5.92 Å². The molecule has 3 amide bonds. The van der Waals surface area contributed by atoms with Crippen LogP contribution >= 0.6 is 11.3 Å². The van der Waals surface area contributed by atoms with E-state index in [-0.39, 0.29) is 30.1 Å². The van der Waals surface area contributed by atoms with Gasteiger partial charge in [0.2, 0.25) is 11.8 Å². The van der Waals surface area contributed by atoms with Crippen molar-refractivity contribution in [3.8, 4) is 0 Å². The Morgan fingerprint density at radius 2 is 2.09 bits per heavy atom. The van der Waals surface area contributed by atoms with Gasteiger partial charge in [-0.3, -0.25) is 25.0 Å². The van der Waals surface area contributed by atoms with Gasteiger partial charge in [0.1, 0.15) is 0 Å². The van der Waals surface area contributed by atoms with Crippen LogP contribution in [0.25, 0.3) is 0 Å². The van der Waals surface area contributed by atoms with Crippen LogP contribution in [-0.4, -0.2) is 22.7 Å². The molecule has 0 saturated carbocycles. The van der Waals surface area contributed by atoms with Crippen LogP contribution in [0.3, 0.4) is 0 Å². The number of nitrogens with zero attached hydrogens (tertiary/aromatic N) is 1. The normalized spacial score (nSPS) is 17.2. The molecule has 1 unspecified atom stereocenters. The van der Waals surface area contributed by atoms with E-state index in [2.05, 4.69) is 15.6 Å². The highest BCUT2D eigenvalue weighted by Crippen LogP contribution is 2.19. The molecule has 3 rings (SSSR count). The van der Waals surface area contributed by atoms with Crippen molar-refractivity contribution < 1.29 is 14.4 Å². The lowest BCUT2D eigenvalue weighted by molar-refractivity contribution is -0.125. The molecule has 1 saturated heterocycles. The van der Waals surface area contributed by atoms with Gasteiger partial charge in [0.15, 0.2) is 5.13 Å². The Morgan fingerprint density at radius 1 is 1.35 bits per heavy atom. The first-order valence-corrected chi connectivity index (χ1v) is 7.99. The summed E-state index contributed by atoms with van der Waals surface area (Å²) in [6.07, 6.45) is 2.42. The zero-order valence-corrected chi connectivity index (χ0v) is 13.3. The maximum Gasteiger partial charge on any atom is 0.257 e. The van der Waals surface area contributed by atoms with Crippen LogP contribution < -0.4 is 10.6 Å². The van der Waals surface area contributed by atoms with Crippen LogP contribution in [0, 0.1) is 12.8 Å². The standard InChI is InChI=1S/C16H15N3O3S/c1-9-8-17-16(23-9)19-14(21)11-4-2-10(3-5-11)6-12-7-13(20)18-15(12)22/h2-5,8,12H,6-7H2,1H3,(H,17,19,21)(H,18,20,22). The van der Waals surface area contributed by atoms with Gasteiger partial charge in [-0.05, 0) is 31.0 Å². The minimum absolute atomic E-state index is 0.223. The Kier molecular flexibility index (Phi) is 4.20. The van der Waals surface area contributed by atoms with Crippen LogP contribution in [-0.2, 0) is 16.0 Å². The van der Waals surface area contributed by atoms with E-state index in [1.54, 1.807) is 30.5 Å². The van der Waals surface area contributed by atoms with Crippen molar-refractivity contribution in [1.82, 2.24) is 10.3 Å². The largest absolute Gasteiger partial charge is 0.298 e. The number of hydrogen-bond acceptors (Lipinski definition) is 5. The lowest BCUT2D eigenvalue weighted by atomic mass is 9.97. The molecule has 2 N–H and O–H groups in total. The molecule has 2 heterocycles. The van der Waals surface area contributed by atoms with Crippen molar-refractivity contribution in [2.24, 2.45) is 5.92 Å². The van der Waals surface area contributed by atoms with Gasteiger partial charge < -0.3 is 0 Å². The summed E-state index contributed by atoms with van der Waals surface area (Å²) >= 11 is 1.42. The van der Waals surface area contributed by atoms with Crippen LogP contribution in [0.5, 0.6) is 0 Å². The molecule has 1 aromatic carbocycles. The number of imide groups is 1. The fourth-order valence-corrected chi connectivity index (χ4v) is 3.09. The lowest BCUT2D eigenvalue weighted by Gasteiger charge is -2.07. The first-order valence-electron chi connectivity index (χ1n) is 7.17. The molecule has 23 heavy (non-hydrogen) atoms. The molecule has 1 fully saturated rings. The summed E-state index contributed by atoms with van der Waals surface area (Å²) in [5.74, 6) is -0.995. The third kappa shape index (κ3) is 3.62. The van der Waals surface area contributed by atoms with Gasteiger partial charge in [-0.1, -0.05) is 12.1 Å². The average molecular weight is 329 g/mol. The molecule has 1 atom stereocenters. The van der Waals surface area contributed by atoms with E-state index in [0.717, 1.165) is 10.4 Å². The number of hydrogen-bond donors (Lipinski definition) is 2. The lowest BCUT2D eigenvalue weighted by Crippen LogP contribution is -2.22. The summed E-state index contributed by atoms with van der Waals surface area (Å²) < 4.78 is 0. The number of anilines is 1. The smallest absolute Gasteiger partial charge is 0.257 e. The van der Waals surface area contributed by atoms with E-state index >= 15 is 0 Å². The highest BCUT2D eigenvalue weighted by molar-refractivity contribution is 7.15. The molecular formula is C16H15N3O3S. The number of amides is 3. The van der Waals surface area contributed by atoms with Crippen molar-refractivity contribution in [3.05, 3.63) is 46.5 Å². The maximum absolute atomic E-state index is 12.1. The number of aryl methyl sites for hydroxylation is 1. The molecular weight excluding hydrogens is 314 g/mol. The van der Waals surface area contributed by atoms with Gasteiger partial charge >= 0.3 is 0 Å². The third-order valence-electron chi connectivity index (χ3n) is 3.61. The molecule has 0 radical (unpaired) electrons. The second kappa shape index (κ2) is 6.29. The Hall–Kier alpha value is -2.54. The fraction of sp³-hybridized carbons (Fsp3) is 0.250. The quantitative estimate of drug-likeness (QED) is 0.839. The number of rotatable bonds is 4. The van der Waals surface area contributed by atoms with Gasteiger partial charge in [-0.25, -0.2) is 4.98 Å². The third-order valence-corrected chi connectivity index (χ3v) is 4.43. The van der Waals surface area contributed by atoms with E-state index in [0.29, 0.717) is 17.1 Å². The minimum atomic E-state index is -0.319. The summed E-state index contributed by atoms with van der Waals surface area (Å²) in [5, 5.41) is 5.61. The summed E-state index contributed by atoms with van der Waals surface area (Å²) in [5.41, 5.74) is 1.44. The number of benzene rings is 1.